The van der Waals surface area contributed by atoms with Crippen molar-refractivity contribution in [1.29, 1.82) is 0 Å². The van der Waals surface area contributed by atoms with Crippen molar-refractivity contribution in [1.82, 2.24) is 20.9 Å². The summed E-state index contributed by atoms with van der Waals surface area (Å²) in [6.45, 7) is 10.1. The van der Waals surface area contributed by atoms with Crippen molar-refractivity contribution >= 4 is 11.9 Å². The molecule has 0 aromatic heterocycles. The molecule has 2 rings (SSSR count). The number of carbonyl (C=O) groups is 1. The first-order valence-corrected chi connectivity index (χ1v) is 10.8. The molecule has 7 nitrogen and oxygen atoms in total. The van der Waals surface area contributed by atoms with Gasteiger partial charge in [-0.25, -0.2) is 0 Å². The van der Waals surface area contributed by atoms with Gasteiger partial charge in [0.2, 0.25) is 0 Å². The third kappa shape index (κ3) is 7.66. The number of amides is 1. The van der Waals surface area contributed by atoms with Crippen LogP contribution in [0, 0.1) is 5.92 Å². The summed E-state index contributed by atoms with van der Waals surface area (Å²) in [4.78, 5) is 19.0. The Morgan fingerprint density at radius 1 is 1.07 bits per heavy atom. The molecule has 1 aromatic rings. The maximum Gasteiger partial charge on any atom is 0.251 e. The van der Waals surface area contributed by atoms with Crippen LogP contribution < -0.4 is 16.0 Å². The van der Waals surface area contributed by atoms with Gasteiger partial charge in [0.15, 0.2) is 5.96 Å². The first kappa shape index (κ1) is 23.2. The smallest absolute Gasteiger partial charge is 0.251 e. The lowest BCUT2D eigenvalue weighted by atomic mass is 9.92. The van der Waals surface area contributed by atoms with Gasteiger partial charge in [-0.3, -0.25) is 14.7 Å². The maximum atomic E-state index is 12.1. The van der Waals surface area contributed by atoms with Crippen molar-refractivity contribution in [3.8, 4) is 0 Å². The van der Waals surface area contributed by atoms with E-state index in [2.05, 4.69) is 39.7 Å². The molecule has 1 saturated heterocycles. The highest BCUT2D eigenvalue weighted by molar-refractivity contribution is 5.94. The van der Waals surface area contributed by atoms with Gasteiger partial charge in [0.05, 0.1) is 13.2 Å². The average Bonchev–Trinajstić information content (AvgIpc) is 2.78. The SMILES string of the molecule is CCC(CC)C(CNC(=NC)NCCNC(=O)c1ccccc1)N1CCOCC1. The lowest BCUT2D eigenvalue weighted by Gasteiger charge is -2.39. The van der Waals surface area contributed by atoms with Gasteiger partial charge in [-0.05, 0) is 18.1 Å². The van der Waals surface area contributed by atoms with Crippen LogP contribution in [0.25, 0.3) is 0 Å². The summed E-state index contributed by atoms with van der Waals surface area (Å²) in [5, 5.41) is 9.70. The van der Waals surface area contributed by atoms with Gasteiger partial charge in [0.25, 0.3) is 5.91 Å². The molecule has 0 bridgehead atoms. The summed E-state index contributed by atoms with van der Waals surface area (Å²) in [5.74, 6) is 1.35. The van der Waals surface area contributed by atoms with E-state index in [1.807, 2.05) is 30.3 Å². The predicted octanol–water partition coefficient (Wildman–Crippen LogP) is 1.72. The number of ether oxygens (including phenoxy) is 1. The Morgan fingerprint density at radius 3 is 2.34 bits per heavy atom. The Bertz CT molecular complexity index is 613. The number of carbonyl (C=O) groups excluding carboxylic acids is 1. The summed E-state index contributed by atoms with van der Waals surface area (Å²) in [6, 6.07) is 9.72. The average molecular weight is 404 g/mol. The molecule has 1 fully saturated rings. The van der Waals surface area contributed by atoms with E-state index in [1.54, 1.807) is 7.05 Å². The third-order valence-corrected chi connectivity index (χ3v) is 5.55. The first-order valence-electron chi connectivity index (χ1n) is 10.8. The molecule has 1 aliphatic rings. The van der Waals surface area contributed by atoms with Crippen LogP contribution in [0.4, 0.5) is 0 Å². The Kier molecular flexibility index (Phi) is 10.5. The van der Waals surface area contributed by atoms with Crippen LogP contribution >= 0.6 is 0 Å². The fourth-order valence-electron chi connectivity index (χ4n) is 3.81. The van der Waals surface area contributed by atoms with Gasteiger partial charge in [-0.2, -0.15) is 0 Å². The molecule has 29 heavy (non-hydrogen) atoms. The molecule has 1 heterocycles. The number of aliphatic imine (C=N–C) groups is 1. The second kappa shape index (κ2) is 13.2. The van der Waals surface area contributed by atoms with Crippen molar-refractivity contribution in [3.05, 3.63) is 35.9 Å². The number of rotatable bonds is 10. The van der Waals surface area contributed by atoms with E-state index in [0.29, 0.717) is 30.6 Å². The molecule has 0 aliphatic carbocycles. The van der Waals surface area contributed by atoms with Crippen molar-refractivity contribution in [2.45, 2.75) is 32.7 Å². The first-order chi connectivity index (χ1) is 14.2. The van der Waals surface area contributed by atoms with Crippen molar-refractivity contribution < 1.29 is 9.53 Å². The Morgan fingerprint density at radius 2 is 1.72 bits per heavy atom. The zero-order valence-corrected chi connectivity index (χ0v) is 18.1. The molecule has 3 N–H and O–H groups in total. The van der Waals surface area contributed by atoms with E-state index in [1.165, 1.54) is 0 Å². The highest BCUT2D eigenvalue weighted by Crippen LogP contribution is 2.19. The van der Waals surface area contributed by atoms with Crippen LogP contribution in [0.15, 0.2) is 35.3 Å². The number of benzene rings is 1. The molecule has 1 amide bonds. The molecule has 7 heteroatoms. The quantitative estimate of drug-likeness (QED) is 0.315. The fourth-order valence-corrected chi connectivity index (χ4v) is 3.81. The van der Waals surface area contributed by atoms with E-state index in [4.69, 9.17) is 4.74 Å². The largest absolute Gasteiger partial charge is 0.379 e. The van der Waals surface area contributed by atoms with Crippen molar-refractivity contribution in [2.75, 3.05) is 53.0 Å². The highest BCUT2D eigenvalue weighted by atomic mass is 16.5. The summed E-state index contributed by atoms with van der Waals surface area (Å²) in [5.41, 5.74) is 0.675. The van der Waals surface area contributed by atoms with Gasteiger partial charge in [0, 0.05) is 51.4 Å². The number of nitrogens with one attached hydrogen (secondary N) is 3. The fraction of sp³-hybridized carbons (Fsp3) is 0.636. The number of guanidine groups is 1. The highest BCUT2D eigenvalue weighted by Gasteiger charge is 2.26. The number of hydrogen-bond acceptors (Lipinski definition) is 4. The molecule has 1 atom stereocenters. The van der Waals surface area contributed by atoms with E-state index < -0.39 is 0 Å². The van der Waals surface area contributed by atoms with E-state index >= 15 is 0 Å². The number of nitrogens with zero attached hydrogens (tertiary/aromatic N) is 2. The minimum atomic E-state index is -0.0588. The molecule has 0 spiro atoms. The van der Waals surface area contributed by atoms with Crippen LogP contribution in [0.3, 0.4) is 0 Å². The van der Waals surface area contributed by atoms with Gasteiger partial charge < -0.3 is 20.7 Å². The Balaban J connectivity index is 1.77. The Labute approximate surface area is 175 Å². The Hall–Kier alpha value is -2.12. The molecule has 1 aromatic carbocycles. The van der Waals surface area contributed by atoms with Crippen LogP contribution in [0.5, 0.6) is 0 Å². The maximum absolute atomic E-state index is 12.1. The van der Waals surface area contributed by atoms with E-state index in [-0.39, 0.29) is 5.91 Å². The third-order valence-electron chi connectivity index (χ3n) is 5.55. The molecular weight excluding hydrogens is 366 g/mol. The van der Waals surface area contributed by atoms with Crippen LogP contribution in [0.2, 0.25) is 0 Å². The molecular formula is C22H37N5O2. The van der Waals surface area contributed by atoms with Gasteiger partial charge in [-0.15, -0.1) is 0 Å². The summed E-state index contributed by atoms with van der Waals surface area (Å²) in [7, 11) is 1.78. The zero-order chi connectivity index (χ0) is 20.9. The summed E-state index contributed by atoms with van der Waals surface area (Å²) in [6.07, 6.45) is 2.33. The number of hydrogen-bond donors (Lipinski definition) is 3. The zero-order valence-electron chi connectivity index (χ0n) is 18.1. The van der Waals surface area contributed by atoms with Gasteiger partial charge in [0.1, 0.15) is 0 Å². The monoisotopic (exact) mass is 403 g/mol. The molecule has 1 aliphatic heterocycles. The molecule has 0 radical (unpaired) electrons. The minimum Gasteiger partial charge on any atom is -0.379 e. The second-order valence-corrected chi connectivity index (χ2v) is 7.29. The molecule has 0 saturated carbocycles. The van der Waals surface area contributed by atoms with Crippen molar-refractivity contribution in [2.24, 2.45) is 10.9 Å². The van der Waals surface area contributed by atoms with Crippen LogP contribution in [-0.4, -0.2) is 75.8 Å². The standard InChI is InChI=1S/C22H37N5O2/c1-4-18(5-2)20(27-13-15-29-16-14-27)17-26-22(23-3)25-12-11-24-21(28)19-9-7-6-8-10-19/h6-10,18,20H,4-5,11-17H2,1-3H3,(H,24,28)(H2,23,25,26). The minimum absolute atomic E-state index is 0.0588. The lowest BCUT2D eigenvalue weighted by molar-refractivity contribution is 0.00272. The number of morpholine rings is 1. The summed E-state index contributed by atoms with van der Waals surface area (Å²) >= 11 is 0. The topological polar surface area (TPSA) is 78.0 Å². The van der Waals surface area contributed by atoms with Gasteiger partial charge in [-0.1, -0.05) is 44.9 Å². The van der Waals surface area contributed by atoms with E-state index in [0.717, 1.165) is 51.6 Å². The van der Waals surface area contributed by atoms with E-state index in [9.17, 15) is 4.79 Å². The van der Waals surface area contributed by atoms with Crippen LogP contribution in [-0.2, 0) is 4.74 Å². The predicted molar refractivity (Wildman–Crippen MR) is 118 cm³/mol. The summed E-state index contributed by atoms with van der Waals surface area (Å²) < 4.78 is 5.53. The normalized spacial score (nSPS) is 16.5. The second-order valence-electron chi connectivity index (χ2n) is 7.29. The van der Waals surface area contributed by atoms with Gasteiger partial charge >= 0.3 is 0 Å². The lowest BCUT2D eigenvalue weighted by Crippen LogP contribution is -2.53. The van der Waals surface area contributed by atoms with Crippen molar-refractivity contribution in [3.63, 3.8) is 0 Å². The molecule has 162 valence electrons. The van der Waals surface area contributed by atoms with Crippen LogP contribution in [0.1, 0.15) is 37.0 Å². The molecule has 1 unspecified atom stereocenters.